The van der Waals surface area contributed by atoms with E-state index in [2.05, 4.69) is 0 Å². The lowest BCUT2D eigenvalue weighted by atomic mass is 9.70. The molecule has 0 aromatic carbocycles. The molecule has 0 aromatic heterocycles. The SMILES string of the molecule is COC(=O)C1C2=C(CCCC2)OC2CCCCC21. The molecular formula is C15H22O3. The van der Waals surface area contributed by atoms with Gasteiger partial charge in [-0.3, -0.25) is 4.79 Å². The molecular weight excluding hydrogens is 228 g/mol. The van der Waals surface area contributed by atoms with Crippen LogP contribution < -0.4 is 0 Å². The lowest BCUT2D eigenvalue weighted by Gasteiger charge is -2.43. The van der Waals surface area contributed by atoms with Gasteiger partial charge in [-0.15, -0.1) is 0 Å². The van der Waals surface area contributed by atoms with Gasteiger partial charge in [-0.1, -0.05) is 6.42 Å². The third-order valence-corrected chi connectivity index (χ3v) is 4.76. The highest BCUT2D eigenvalue weighted by Gasteiger charge is 2.45. The minimum atomic E-state index is -0.0374. The quantitative estimate of drug-likeness (QED) is 0.670. The van der Waals surface area contributed by atoms with Crippen LogP contribution in [0.4, 0.5) is 0 Å². The summed E-state index contributed by atoms with van der Waals surface area (Å²) in [5.74, 6) is 1.44. The molecule has 3 nitrogen and oxygen atoms in total. The Morgan fingerprint density at radius 2 is 1.94 bits per heavy atom. The van der Waals surface area contributed by atoms with Gasteiger partial charge >= 0.3 is 5.97 Å². The fourth-order valence-corrected chi connectivity index (χ4v) is 3.90. The third-order valence-electron chi connectivity index (χ3n) is 4.76. The molecule has 0 N–H and O–H groups in total. The fraction of sp³-hybridized carbons (Fsp3) is 0.800. The molecule has 0 amide bonds. The molecule has 0 aromatic rings. The highest BCUT2D eigenvalue weighted by atomic mass is 16.5. The van der Waals surface area contributed by atoms with Crippen LogP contribution in [0.2, 0.25) is 0 Å². The number of carbonyl (C=O) groups excluding carboxylic acids is 1. The summed E-state index contributed by atoms with van der Waals surface area (Å²) < 4.78 is 11.3. The van der Waals surface area contributed by atoms with Gasteiger partial charge in [0.1, 0.15) is 6.10 Å². The number of ether oxygens (including phenoxy) is 2. The van der Waals surface area contributed by atoms with Gasteiger partial charge in [0.05, 0.1) is 18.8 Å². The van der Waals surface area contributed by atoms with Crippen LogP contribution in [0.5, 0.6) is 0 Å². The molecule has 1 aliphatic heterocycles. The number of methoxy groups -OCH3 is 1. The highest BCUT2D eigenvalue weighted by molar-refractivity contribution is 5.76. The first kappa shape index (κ1) is 12.1. The van der Waals surface area contributed by atoms with Gasteiger partial charge in [0.2, 0.25) is 0 Å². The second-order valence-electron chi connectivity index (χ2n) is 5.76. The number of esters is 1. The van der Waals surface area contributed by atoms with Crippen LogP contribution in [0, 0.1) is 11.8 Å². The number of allylic oxidation sites excluding steroid dienone is 1. The van der Waals surface area contributed by atoms with E-state index in [-0.39, 0.29) is 18.0 Å². The zero-order valence-electron chi connectivity index (χ0n) is 11.1. The van der Waals surface area contributed by atoms with Crippen LogP contribution in [-0.4, -0.2) is 19.2 Å². The van der Waals surface area contributed by atoms with E-state index < -0.39 is 0 Å². The Labute approximate surface area is 109 Å². The maximum Gasteiger partial charge on any atom is 0.313 e. The molecule has 0 bridgehead atoms. The second-order valence-corrected chi connectivity index (χ2v) is 5.76. The predicted molar refractivity (Wildman–Crippen MR) is 67.8 cm³/mol. The van der Waals surface area contributed by atoms with Crippen LogP contribution in [0.3, 0.4) is 0 Å². The molecule has 1 heterocycles. The molecule has 1 fully saturated rings. The number of fused-ring (bicyclic) bond motifs is 1. The van der Waals surface area contributed by atoms with Crippen molar-refractivity contribution in [2.75, 3.05) is 7.11 Å². The maximum atomic E-state index is 12.2. The van der Waals surface area contributed by atoms with Gasteiger partial charge in [0.25, 0.3) is 0 Å². The zero-order chi connectivity index (χ0) is 12.5. The van der Waals surface area contributed by atoms with Gasteiger partial charge in [-0.05, 0) is 44.1 Å². The van der Waals surface area contributed by atoms with Gasteiger partial charge in [0.15, 0.2) is 0 Å². The molecule has 18 heavy (non-hydrogen) atoms. The lowest BCUT2D eigenvalue weighted by molar-refractivity contribution is -0.150. The molecule has 100 valence electrons. The summed E-state index contributed by atoms with van der Waals surface area (Å²) in [4.78, 5) is 12.2. The Hall–Kier alpha value is -0.990. The predicted octanol–water partition coefficient (Wildman–Crippen LogP) is 3.19. The minimum Gasteiger partial charge on any atom is -0.494 e. The average molecular weight is 250 g/mol. The number of carbonyl (C=O) groups is 1. The van der Waals surface area contributed by atoms with Gasteiger partial charge < -0.3 is 9.47 Å². The first-order valence-electron chi connectivity index (χ1n) is 7.27. The van der Waals surface area contributed by atoms with E-state index >= 15 is 0 Å². The van der Waals surface area contributed by atoms with Crippen molar-refractivity contribution in [3.05, 3.63) is 11.3 Å². The summed E-state index contributed by atoms with van der Waals surface area (Å²) in [6.45, 7) is 0. The first-order valence-corrected chi connectivity index (χ1v) is 7.27. The molecule has 2 aliphatic carbocycles. The van der Waals surface area contributed by atoms with Crippen LogP contribution in [0.25, 0.3) is 0 Å². The molecule has 3 heteroatoms. The Bertz CT molecular complexity index is 372. The summed E-state index contributed by atoms with van der Waals surface area (Å²) in [6, 6.07) is 0. The van der Waals surface area contributed by atoms with E-state index in [4.69, 9.17) is 9.47 Å². The maximum absolute atomic E-state index is 12.2. The van der Waals surface area contributed by atoms with Crippen molar-refractivity contribution in [3.63, 3.8) is 0 Å². The summed E-state index contributed by atoms with van der Waals surface area (Å²) in [7, 11) is 1.51. The highest BCUT2D eigenvalue weighted by Crippen LogP contribution is 2.46. The number of hydrogen-bond donors (Lipinski definition) is 0. The molecule has 3 unspecified atom stereocenters. The second kappa shape index (κ2) is 4.94. The third kappa shape index (κ3) is 1.94. The van der Waals surface area contributed by atoms with Gasteiger partial charge in [0, 0.05) is 12.3 Å². The number of hydrogen-bond acceptors (Lipinski definition) is 3. The Kier molecular flexibility index (Phi) is 3.31. The molecule has 3 aliphatic rings. The standard InChI is InChI=1S/C15H22O3/c1-17-15(16)14-10-6-2-4-8-12(10)18-13-9-5-3-7-11(13)14/h10,12,14H,2-9H2,1H3. The Morgan fingerprint density at radius 3 is 2.78 bits per heavy atom. The summed E-state index contributed by atoms with van der Waals surface area (Å²) in [6.07, 6.45) is 9.37. The van der Waals surface area contributed by atoms with Crippen LogP contribution in [0.15, 0.2) is 11.3 Å². The van der Waals surface area contributed by atoms with E-state index in [1.807, 2.05) is 0 Å². The Balaban J connectivity index is 1.95. The summed E-state index contributed by atoms with van der Waals surface area (Å²) >= 11 is 0. The van der Waals surface area contributed by atoms with Crippen molar-refractivity contribution in [1.82, 2.24) is 0 Å². The largest absolute Gasteiger partial charge is 0.494 e. The lowest BCUT2D eigenvalue weighted by Crippen LogP contribution is -2.43. The van der Waals surface area contributed by atoms with Gasteiger partial charge in [-0.25, -0.2) is 0 Å². The van der Waals surface area contributed by atoms with Crippen LogP contribution in [-0.2, 0) is 14.3 Å². The van der Waals surface area contributed by atoms with Crippen molar-refractivity contribution in [3.8, 4) is 0 Å². The van der Waals surface area contributed by atoms with Crippen LogP contribution in [0.1, 0.15) is 51.4 Å². The molecule has 0 spiro atoms. The molecule has 1 saturated carbocycles. The van der Waals surface area contributed by atoms with Crippen molar-refractivity contribution >= 4 is 5.97 Å². The summed E-state index contributed by atoms with van der Waals surface area (Å²) in [5.41, 5.74) is 1.26. The van der Waals surface area contributed by atoms with E-state index in [1.54, 1.807) is 0 Å². The fourth-order valence-electron chi connectivity index (χ4n) is 3.90. The first-order chi connectivity index (χ1) is 8.81. The smallest absolute Gasteiger partial charge is 0.313 e. The van der Waals surface area contributed by atoms with E-state index in [1.165, 1.54) is 38.4 Å². The topological polar surface area (TPSA) is 35.5 Å². The molecule has 0 saturated heterocycles. The molecule has 3 rings (SSSR count). The Morgan fingerprint density at radius 1 is 1.17 bits per heavy atom. The normalized spacial score (nSPS) is 35.3. The zero-order valence-corrected chi connectivity index (χ0v) is 11.1. The van der Waals surface area contributed by atoms with E-state index in [9.17, 15) is 4.79 Å². The summed E-state index contributed by atoms with van der Waals surface area (Å²) in [5, 5.41) is 0. The molecule has 0 radical (unpaired) electrons. The van der Waals surface area contributed by atoms with Crippen molar-refractivity contribution in [2.45, 2.75) is 57.5 Å². The number of rotatable bonds is 1. The minimum absolute atomic E-state index is 0.00986. The van der Waals surface area contributed by atoms with Crippen molar-refractivity contribution in [1.29, 1.82) is 0 Å². The van der Waals surface area contributed by atoms with Crippen molar-refractivity contribution in [2.24, 2.45) is 11.8 Å². The average Bonchev–Trinajstić information content (AvgIpc) is 2.44. The van der Waals surface area contributed by atoms with E-state index in [0.717, 1.165) is 31.4 Å². The van der Waals surface area contributed by atoms with Crippen LogP contribution >= 0.6 is 0 Å². The molecule has 3 atom stereocenters. The van der Waals surface area contributed by atoms with Gasteiger partial charge in [-0.2, -0.15) is 0 Å². The monoisotopic (exact) mass is 250 g/mol. The van der Waals surface area contributed by atoms with E-state index in [0.29, 0.717) is 5.92 Å². The van der Waals surface area contributed by atoms with Crippen molar-refractivity contribution < 1.29 is 14.3 Å².